The molecule has 1 fully saturated rings. The maximum Gasteiger partial charge on any atom is 0.228 e. The molecular weight excluding hydrogens is 256 g/mol. The second-order valence-electron chi connectivity index (χ2n) is 5.36. The SMILES string of the molecule is O=C(NCC1CCCNC1)C1CSc2ccccc21. The van der Waals surface area contributed by atoms with Crippen molar-refractivity contribution in [1.29, 1.82) is 0 Å². The molecule has 4 heteroatoms. The predicted octanol–water partition coefficient (Wildman–Crippen LogP) is 1.99. The molecule has 3 nitrogen and oxygen atoms in total. The fourth-order valence-electron chi connectivity index (χ4n) is 2.85. The number of hydrogen-bond acceptors (Lipinski definition) is 3. The van der Waals surface area contributed by atoms with Crippen LogP contribution >= 0.6 is 11.8 Å². The van der Waals surface area contributed by atoms with Crippen LogP contribution in [0.2, 0.25) is 0 Å². The molecule has 2 heterocycles. The molecule has 0 aliphatic carbocycles. The highest BCUT2D eigenvalue weighted by Gasteiger charge is 2.29. The fraction of sp³-hybridized carbons (Fsp3) is 0.533. The van der Waals surface area contributed by atoms with Gasteiger partial charge in [0.1, 0.15) is 0 Å². The molecule has 2 unspecified atom stereocenters. The molecule has 19 heavy (non-hydrogen) atoms. The lowest BCUT2D eigenvalue weighted by atomic mass is 9.98. The van der Waals surface area contributed by atoms with Crippen LogP contribution in [0.25, 0.3) is 0 Å². The highest BCUT2D eigenvalue weighted by molar-refractivity contribution is 7.99. The number of benzene rings is 1. The molecule has 1 saturated heterocycles. The molecule has 1 aromatic rings. The summed E-state index contributed by atoms with van der Waals surface area (Å²) in [6.07, 6.45) is 2.45. The van der Waals surface area contributed by atoms with Crippen molar-refractivity contribution in [1.82, 2.24) is 10.6 Å². The zero-order valence-corrected chi connectivity index (χ0v) is 11.8. The summed E-state index contributed by atoms with van der Waals surface area (Å²) < 4.78 is 0. The minimum absolute atomic E-state index is 0.0396. The number of nitrogens with one attached hydrogen (secondary N) is 2. The van der Waals surface area contributed by atoms with E-state index in [2.05, 4.69) is 22.8 Å². The first-order chi connectivity index (χ1) is 9.34. The van der Waals surface area contributed by atoms with E-state index in [1.165, 1.54) is 23.3 Å². The standard InChI is InChI=1S/C15H20N2OS/c18-15(17-9-11-4-3-7-16-8-11)13-10-19-14-6-2-1-5-12(13)14/h1-2,5-6,11,13,16H,3-4,7-10H2,(H,17,18). The van der Waals surface area contributed by atoms with Gasteiger partial charge in [-0.2, -0.15) is 0 Å². The first-order valence-corrected chi connectivity index (χ1v) is 8.03. The van der Waals surface area contributed by atoms with Crippen LogP contribution in [0.3, 0.4) is 0 Å². The molecule has 0 saturated carbocycles. The third-order valence-electron chi connectivity index (χ3n) is 3.98. The van der Waals surface area contributed by atoms with Gasteiger partial charge >= 0.3 is 0 Å². The zero-order valence-electron chi connectivity index (χ0n) is 11.0. The molecule has 0 bridgehead atoms. The number of amides is 1. The monoisotopic (exact) mass is 276 g/mol. The van der Waals surface area contributed by atoms with E-state index in [4.69, 9.17) is 0 Å². The summed E-state index contributed by atoms with van der Waals surface area (Å²) >= 11 is 1.79. The lowest BCUT2D eigenvalue weighted by molar-refractivity contribution is -0.122. The van der Waals surface area contributed by atoms with E-state index in [0.29, 0.717) is 5.92 Å². The Morgan fingerprint density at radius 3 is 3.16 bits per heavy atom. The Bertz CT molecular complexity index is 457. The molecule has 0 radical (unpaired) electrons. The average molecular weight is 276 g/mol. The van der Waals surface area contributed by atoms with E-state index in [-0.39, 0.29) is 11.8 Å². The van der Waals surface area contributed by atoms with Crippen molar-refractivity contribution < 1.29 is 4.79 Å². The van der Waals surface area contributed by atoms with Crippen molar-refractivity contribution in [3.05, 3.63) is 29.8 Å². The smallest absolute Gasteiger partial charge is 0.228 e. The maximum atomic E-state index is 12.3. The number of fused-ring (bicyclic) bond motifs is 1. The van der Waals surface area contributed by atoms with E-state index >= 15 is 0 Å². The third-order valence-corrected chi connectivity index (χ3v) is 5.16. The number of rotatable bonds is 3. The van der Waals surface area contributed by atoms with Gasteiger partial charge in [0, 0.05) is 17.2 Å². The highest BCUT2D eigenvalue weighted by atomic mass is 32.2. The summed E-state index contributed by atoms with van der Waals surface area (Å²) in [5.74, 6) is 1.72. The highest BCUT2D eigenvalue weighted by Crippen LogP contribution is 2.39. The summed E-state index contributed by atoms with van der Waals surface area (Å²) in [4.78, 5) is 13.6. The number of hydrogen-bond donors (Lipinski definition) is 2. The first kappa shape index (κ1) is 13.0. The van der Waals surface area contributed by atoms with Crippen LogP contribution in [0.15, 0.2) is 29.2 Å². The van der Waals surface area contributed by atoms with Gasteiger partial charge in [-0.25, -0.2) is 0 Å². The molecule has 102 valence electrons. The normalized spacial score (nSPS) is 25.9. The Balaban J connectivity index is 1.56. The maximum absolute atomic E-state index is 12.3. The molecular formula is C15H20N2OS. The number of thioether (sulfide) groups is 1. The Morgan fingerprint density at radius 1 is 1.42 bits per heavy atom. The zero-order chi connectivity index (χ0) is 13.1. The first-order valence-electron chi connectivity index (χ1n) is 7.05. The summed E-state index contributed by atoms with van der Waals surface area (Å²) in [6, 6.07) is 8.26. The van der Waals surface area contributed by atoms with Crippen molar-refractivity contribution in [2.75, 3.05) is 25.4 Å². The Morgan fingerprint density at radius 2 is 2.32 bits per heavy atom. The van der Waals surface area contributed by atoms with Crippen molar-refractivity contribution in [3.63, 3.8) is 0 Å². The van der Waals surface area contributed by atoms with Crippen molar-refractivity contribution in [3.8, 4) is 0 Å². The van der Waals surface area contributed by atoms with Crippen molar-refractivity contribution >= 4 is 17.7 Å². The van der Waals surface area contributed by atoms with Crippen molar-refractivity contribution in [2.45, 2.75) is 23.7 Å². The lowest BCUT2D eigenvalue weighted by Gasteiger charge is -2.23. The molecule has 2 atom stereocenters. The van der Waals surface area contributed by atoms with Gasteiger partial charge in [-0.3, -0.25) is 4.79 Å². The van der Waals surface area contributed by atoms with E-state index in [1.54, 1.807) is 11.8 Å². The van der Waals surface area contributed by atoms with Crippen LogP contribution in [0, 0.1) is 5.92 Å². The third kappa shape index (κ3) is 2.95. The Labute approximate surface area is 118 Å². The van der Waals surface area contributed by atoms with Crippen molar-refractivity contribution in [2.24, 2.45) is 5.92 Å². The molecule has 0 aromatic heterocycles. The molecule has 2 aliphatic rings. The topological polar surface area (TPSA) is 41.1 Å². The largest absolute Gasteiger partial charge is 0.355 e. The van der Waals surface area contributed by atoms with Crippen LogP contribution in [0.1, 0.15) is 24.3 Å². The van der Waals surface area contributed by atoms with Gasteiger partial charge < -0.3 is 10.6 Å². The quantitative estimate of drug-likeness (QED) is 0.887. The second-order valence-corrected chi connectivity index (χ2v) is 6.42. The number of piperidine rings is 1. The van der Waals surface area contributed by atoms with E-state index in [0.717, 1.165) is 25.4 Å². The molecule has 1 aromatic carbocycles. The van der Waals surface area contributed by atoms with E-state index in [1.807, 2.05) is 12.1 Å². The minimum Gasteiger partial charge on any atom is -0.355 e. The fourth-order valence-corrected chi connectivity index (χ4v) is 4.07. The predicted molar refractivity (Wildman–Crippen MR) is 78.5 cm³/mol. The number of carbonyl (C=O) groups is 1. The second kappa shape index (κ2) is 5.97. The summed E-state index contributed by atoms with van der Waals surface area (Å²) in [5, 5.41) is 6.53. The Hall–Kier alpha value is -1.00. The summed E-state index contributed by atoms with van der Waals surface area (Å²) in [5.41, 5.74) is 1.20. The van der Waals surface area contributed by atoms with Gasteiger partial charge in [0.15, 0.2) is 0 Å². The van der Waals surface area contributed by atoms with Crippen LogP contribution in [-0.2, 0) is 4.79 Å². The van der Waals surface area contributed by atoms with Gasteiger partial charge in [-0.1, -0.05) is 18.2 Å². The van der Waals surface area contributed by atoms with Crippen LogP contribution < -0.4 is 10.6 Å². The average Bonchev–Trinajstić information content (AvgIpc) is 2.90. The van der Waals surface area contributed by atoms with Gasteiger partial charge in [0.25, 0.3) is 0 Å². The Kier molecular flexibility index (Phi) is 4.09. The lowest BCUT2D eigenvalue weighted by Crippen LogP contribution is -2.39. The molecule has 2 N–H and O–H groups in total. The summed E-state index contributed by atoms with van der Waals surface area (Å²) in [7, 11) is 0. The van der Waals surface area contributed by atoms with Gasteiger partial charge in [-0.15, -0.1) is 11.8 Å². The number of carbonyl (C=O) groups excluding carboxylic acids is 1. The van der Waals surface area contributed by atoms with Gasteiger partial charge in [-0.05, 0) is 43.5 Å². The molecule has 2 aliphatic heterocycles. The molecule has 1 amide bonds. The molecule has 0 spiro atoms. The van der Waals surface area contributed by atoms with E-state index < -0.39 is 0 Å². The van der Waals surface area contributed by atoms with Crippen LogP contribution in [0.4, 0.5) is 0 Å². The van der Waals surface area contributed by atoms with Crippen LogP contribution in [0.5, 0.6) is 0 Å². The minimum atomic E-state index is 0.0396. The summed E-state index contributed by atoms with van der Waals surface area (Å²) in [6.45, 7) is 2.97. The van der Waals surface area contributed by atoms with Crippen LogP contribution in [-0.4, -0.2) is 31.3 Å². The van der Waals surface area contributed by atoms with Gasteiger partial charge in [0.05, 0.1) is 5.92 Å². The molecule has 3 rings (SSSR count). The van der Waals surface area contributed by atoms with Gasteiger partial charge in [0.2, 0.25) is 5.91 Å². The van der Waals surface area contributed by atoms with E-state index in [9.17, 15) is 4.79 Å².